The van der Waals surface area contributed by atoms with Crippen molar-refractivity contribution >= 4 is 0 Å². The summed E-state index contributed by atoms with van der Waals surface area (Å²) in [6, 6.07) is 2.38. The van der Waals surface area contributed by atoms with Gasteiger partial charge in [0.1, 0.15) is 12.2 Å². The molecule has 0 aliphatic heterocycles. The number of aromatic nitrogens is 1. The highest BCUT2D eigenvalue weighted by Gasteiger charge is 2.40. The van der Waals surface area contributed by atoms with Gasteiger partial charge in [-0.25, -0.2) is 0 Å². The zero-order valence-electron chi connectivity index (χ0n) is 8.02. The average molecular weight is 211 g/mol. The van der Waals surface area contributed by atoms with Gasteiger partial charge >= 0.3 is 0 Å². The summed E-state index contributed by atoms with van der Waals surface area (Å²) >= 11 is 0. The number of pyridine rings is 1. The lowest BCUT2D eigenvalue weighted by Crippen LogP contribution is -2.31. The smallest absolute Gasteiger partial charge is 0.181 e. The van der Waals surface area contributed by atoms with E-state index in [1.807, 2.05) is 0 Å². The number of rotatable bonds is 1. The van der Waals surface area contributed by atoms with Crippen LogP contribution in [0.2, 0.25) is 0 Å². The van der Waals surface area contributed by atoms with Gasteiger partial charge in [0.15, 0.2) is 5.43 Å². The van der Waals surface area contributed by atoms with Crippen LogP contribution in [0.1, 0.15) is 12.5 Å². The van der Waals surface area contributed by atoms with E-state index < -0.39 is 18.3 Å². The number of nitrogens with zero attached hydrogens (tertiary/aromatic N) is 1. The SMILES string of the molecule is O=c1ccn(C2CC(O)C(O)C2O)cc1. The maximum Gasteiger partial charge on any atom is 0.181 e. The van der Waals surface area contributed by atoms with Crippen molar-refractivity contribution in [1.29, 1.82) is 0 Å². The molecule has 1 heterocycles. The lowest BCUT2D eigenvalue weighted by atomic mass is 10.2. The second-order valence-electron chi connectivity index (χ2n) is 3.83. The predicted octanol–water partition coefficient (Wildman–Crippen LogP) is -1.12. The Balaban J connectivity index is 2.25. The third kappa shape index (κ3) is 1.81. The van der Waals surface area contributed by atoms with Crippen molar-refractivity contribution in [2.45, 2.75) is 30.8 Å². The van der Waals surface area contributed by atoms with Crippen LogP contribution >= 0.6 is 0 Å². The fraction of sp³-hybridized carbons (Fsp3) is 0.500. The van der Waals surface area contributed by atoms with Gasteiger partial charge in [-0.3, -0.25) is 4.79 Å². The minimum atomic E-state index is -1.12. The second kappa shape index (κ2) is 3.77. The van der Waals surface area contributed by atoms with Gasteiger partial charge < -0.3 is 19.9 Å². The largest absolute Gasteiger partial charge is 0.390 e. The molecule has 0 bridgehead atoms. The summed E-state index contributed by atoms with van der Waals surface area (Å²) in [5.41, 5.74) is -0.111. The molecule has 1 fully saturated rings. The summed E-state index contributed by atoms with van der Waals surface area (Å²) in [6.07, 6.45) is 0.342. The maximum absolute atomic E-state index is 10.9. The highest BCUT2D eigenvalue weighted by atomic mass is 16.4. The van der Waals surface area contributed by atoms with E-state index in [4.69, 9.17) is 0 Å². The Bertz CT molecular complexity index is 382. The van der Waals surface area contributed by atoms with Crippen LogP contribution in [-0.2, 0) is 0 Å². The molecule has 1 saturated carbocycles. The molecule has 0 amide bonds. The predicted molar refractivity (Wildman–Crippen MR) is 52.4 cm³/mol. The van der Waals surface area contributed by atoms with Crippen molar-refractivity contribution in [3.8, 4) is 0 Å². The minimum absolute atomic E-state index is 0.111. The fourth-order valence-electron chi connectivity index (χ4n) is 1.92. The first-order valence-electron chi connectivity index (χ1n) is 4.81. The molecule has 0 spiro atoms. The van der Waals surface area contributed by atoms with Gasteiger partial charge in [0.25, 0.3) is 0 Å². The molecule has 4 unspecified atom stereocenters. The number of hydrogen-bond acceptors (Lipinski definition) is 4. The molecule has 0 radical (unpaired) electrons. The van der Waals surface area contributed by atoms with Crippen molar-refractivity contribution in [3.05, 3.63) is 34.7 Å². The Labute approximate surface area is 86.2 Å². The van der Waals surface area contributed by atoms with Crippen molar-refractivity contribution in [1.82, 2.24) is 4.57 Å². The lowest BCUT2D eigenvalue weighted by Gasteiger charge is -2.18. The maximum atomic E-state index is 10.9. The monoisotopic (exact) mass is 211 g/mol. The molecule has 5 nitrogen and oxygen atoms in total. The van der Waals surface area contributed by atoms with Gasteiger partial charge in [0.05, 0.1) is 12.1 Å². The van der Waals surface area contributed by atoms with E-state index in [9.17, 15) is 20.1 Å². The summed E-state index contributed by atoms with van der Waals surface area (Å²) in [5, 5.41) is 28.4. The van der Waals surface area contributed by atoms with Gasteiger partial charge in [-0.15, -0.1) is 0 Å². The minimum Gasteiger partial charge on any atom is -0.390 e. The van der Waals surface area contributed by atoms with Gasteiger partial charge in [-0.2, -0.15) is 0 Å². The molecule has 3 N–H and O–H groups in total. The average Bonchev–Trinajstić information content (AvgIpc) is 2.47. The van der Waals surface area contributed by atoms with Crippen molar-refractivity contribution < 1.29 is 15.3 Å². The molecule has 1 aromatic heterocycles. The molecule has 2 rings (SSSR count). The third-order valence-electron chi connectivity index (χ3n) is 2.83. The second-order valence-corrected chi connectivity index (χ2v) is 3.83. The molecule has 0 saturated heterocycles. The van der Waals surface area contributed by atoms with Crippen molar-refractivity contribution in [2.75, 3.05) is 0 Å². The normalized spacial score (nSPS) is 35.7. The van der Waals surface area contributed by atoms with E-state index in [0.717, 1.165) is 0 Å². The molecule has 82 valence electrons. The Morgan fingerprint density at radius 3 is 2.20 bits per heavy atom. The van der Waals surface area contributed by atoms with Crippen LogP contribution in [0, 0.1) is 0 Å². The Kier molecular flexibility index (Phi) is 2.60. The Morgan fingerprint density at radius 1 is 1.13 bits per heavy atom. The molecule has 1 aliphatic rings. The summed E-state index contributed by atoms with van der Waals surface area (Å²) in [5.74, 6) is 0. The van der Waals surface area contributed by atoms with Gasteiger partial charge in [0, 0.05) is 24.5 Å². The molecule has 15 heavy (non-hydrogen) atoms. The van der Waals surface area contributed by atoms with Crippen LogP contribution in [0.15, 0.2) is 29.3 Å². The number of hydrogen-bond donors (Lipinski definition) is 3. The highest BCUT2D eigenvalue weighted by Crippen LogP contribution is 2.30. The molecular weight excluding hydrogens is 198 g/mol. The quantitative estimate of drug-likeness (QED) is 0.549. The van der Waals surface area contributed by atoms with E-state index in [1.165, 1.54) is 12.1 Å². The first kappa shape index (κ1) is 10.4. The lowest BCUT2D eigenvalue weighted by molar-refractivity contribution is -0.0247. The van der Waals surface area contributed by atoms with Gasteiger partial charge in [0.2, 0.25) is 0 Å². The van der Waals surface area contributed by atoms with Crippen LogP contribution in [-0.4, -0.2) is 38.2 Å². The summed E-state index contributed by atoms with van der Waals surface area (Å²) < 4.78 is 1.63. The first-order valence-corrected chi connectivity index (χ1v) is 4.81. The van der Waals surface area contributed by atoms with Crippen LogP contribution < -0.4 is 5.43 Å². The van der Waals surface area contributed by atoms with Crippen LogP contribution in [0.25, 0.3) is 0 Å². The Morgan fingerprint density at radius 2 is 1.73 bits per heavy atom. The zero-order valence-corrected chi connectivity index (χ0v) is 8.02. The van der Waals surface area contributed by atoms with Crippen LogP contribution in [0.5, 0.6) is 0 Å². The van der Waals surface area contributed by atoms with E-state index in [-0.39, 0.29) is 17.9 Å². The molecule has 4 atom stereocenters. The summed E-state index contributed by atoms with van der Waals surface area (Å²) in [7, 11) is 0. The van der Waals surface area contributed by atoms with E-state index in [0.29, 0.717) is 0 Å². The van der Waals surface area contributed by atoms with Gasteiger partial charge in [-0.1, -0.05) is 0 Å². The number of aliphatic hydroxyl groups is 3. The molecule has 0 aromatic carbocycles. The topological polar surface area (TPSA) is 82.7 Å². The Hall–Kier alpha value is -1.17. The van der Waals surface area contributed by atoms with Crippen LogP contribution in [0.4, 0.5) is 0 Å². The molecule has 1 aliphatic carbocycles. The van der Waals surface area contributed by atoms with E-state index in [1.54, 1.807) is 17.0 Å². The summed E-state index contributed by atoms with van der Waals surface area (Å²) in [4.78, 5) is 10.9. The van der Waals surface area contributed by atoms with Gasteiger partial charge in [-0.05, 0) is 6.42 Å². The molecule has 1 aromatic rings. The van der Waals surface area contributed by atoms with Crippen LogP contribution in [0.3, 0.4) is 0 Å². The first-order chi connectivity index (χ1) is 7.09. The fourth-order valence-corrected chi connectivity index (χ4v) is 1.92. The zero-order chi connectivity index (χ0) is 11.0. The summed E-state index contributed by atoms with van der Waals surface area (Å²) in [6.45, 7) is 0. The standard InChI is InChI=1S/C10H13NO4/c12-6-1-3-11(4-2-6)7-5-8(13)10(15)9(7)14/h1-4,7-10,13-15H,5H2. The number of aliphatic hydroxyl groups excluding tert-OH is 3. The molecular formula is C10H13NO4. The third-order valence-corrected chi connectivity index (χ3v) is 2.83. The van der Waals surface area contributed by atoms with E-state index >= 15 is 0 Å². The highest BCUT2D eigenvalue weighted by molar-refractivity contribution is 5.01. The van der Waals surface area contributed by atoms with Crippen molar-refractivity contribution in [2.24, 2.45) is 0 Å². The molecule has 5 heteroatoms. The van der Waals surface area contributed by atoms with E-state index in [2.05, 4.69) is 0 Å². The van der Waals surface area contributed by atoms with Crippen molar-refractivity contribution in [3.63, 3.8) is 0 Å².